The van der Waals surface area contributed by atoms with Crippen LogP contribution >= 0.6 is 15.9 Å². The van der Waals surface area contributed by atoms with Crippen molar-refractivity contribution >= 4 is 15.9 Å². The standard InChI is InChI=1S/C18H25BrO2/c1-10-8-11-12(9-13(10)19)17(4,5)15-14(16(11,2)3)20-18(6,7)21-15/h8-9,14-15H,1-7H3/t14-,15-/m1/s1. The maximum absolute atomic E-state index is 6.30. The van der Waals surface area contributed by atoms with Crippen LogP contribution in [0.2, 0.25) is 0 Å². The summed E-state index contributed by atoms with van der Waals surface area (Å²) in [5.74, 6) is -0.516. The Balaban J connectivity index is 2.25. The monoisotopic (exact) mass is 352 g/mol. The Kier molecular flexibility index (Phi) is 3.20. The summed E-state index contributed by atoms with van der Waals surface area (Å²) in [5, 5.41) is 0. The molecule has 21 heavy (non-hydrogen) atoms. The van der Waals surface area contributed by atoms with Gasteiger partial charge >= 0.3 is 0 Å². The zero-order valence-corrected chi connectivity index (χ0v) is 15.6. The van der Waals surface area contributed by atoms with E-state index in [0.717, 1.165) is 0 Å². The first-order valence-electron chi connectivity index (χ1n) is 7.63. The van der Waals surface area contributed by atoms with E-state index in [9.17, 15) is 0 Å². The van der Waals surface area contributed by atoms with Gasteiger partial charge in [0.05, 0.1) is 12.2 Å². The molecular formula is C18H25BrO2. The first kappa shape index (κ1) is 15.5. The molecule has 0 unspecified atom stereocenters. The van der Waals surface area contributed by atoms with Crippen LogP contribution in [0, 0.1) is 6.92 Å². The van der Waals surface area contributed by atoms with Crippen LogP contribution in [0.4, 0.5) is 0 Å². The summed E-state index contributed by atoms with van der Waals surface area (Å²) < 4.78 is 13.8. The fraction of sp³-hybridized carbons (Fsp3) is 0.667. The van der Waals surface area contributed by atoms with Gasteiger partial charge in [-0.15, -0.1) is 0 Å². The highest BCUT2D eigenvalue weighted by atomic mass is 79.9. The van der Waals surface area contributed by atoms with Crippen molar-refractivity contribution in [1.29, 1.82) is 0 Å². The van der Waals surface area contributed by atoms with Gasteiger partial charge in [-0.3, -0.25) is 0 Å². The van der Waals surface area contributed by atoms with Crippen LogP contribution in [0.5, 0.6) is 0 Å². The van der Waals surface area contributed by atoms with E-state index < -0.39 is 5.79 Å². The third-order valence-electron chi connectivity index (χ3n) is 5.21. The number of ether oxygens (including phenoxy) is 2. The Bertz CT molecular complexity index is 550. The third-order valence-corrected chi connectivity index (χ3v) is 6.06. The van der Waals surface area contributed by atoms with E-state index in [4.69, 9.17) is 9.47 Å². The quantitative estimate of drug-likeness (QED) is 0.664. The predicted molar refractivity (Wildman–Crippen MR) is 88.8 cm³/mol. The number of benzene rings is 1. The SMILES string of the molecule is Cc1cc2c(cc1Br)C(C)(C)[C@@H]1OC(C)(C)O[C@H]1C2(C)C. The molecule has 0 N–H and O–H groups in total. The number of rotatable bonds is 0. The minimum atomic E-state index is -0.516. The summed E-state index contributed by atoms with van der Waals surface area (Å²) >= 11 is 3.69. The van der Waals surface area contributed by atoms with Crippen LogP contribution in [0.25, 0.3) is 0 Å². The topological polar surface area (TPSA) is 18.5 Å². The van der Waals surface area contributed by atoms with E-state index in [1.807, 2.05) is 13.8 Å². The second kappa shape index (κ2) is 4.33. The van der Waals surface area contributed by atoms with Crippen molar-refractivity contribution in [2.24, 2.45) is 0 Å². The molecule has 1 aromatic carbocycles. The van der Waals surface area contributed by atoms with Crippen molar-refractivity contribution in [3.8, 4) is 0 Å². The van der Waals surface area contributed by atoms with Crippen molar-refractivity contribution in [2.45, 2.75) is 77.3 Å². The van der Waals surface area contributed by atoms with Gasteiger partial charge in [-0.2, -0.15) is 0 Å². The molecule has 1 heterocycles. The molecule has 116 valence electrons. The zero-order chi connectivity index (χ0) is 15.8. The van der Waals surface area contributed by atoms with E-state index in [1.165, 1.54) is 21.2 Å². The van der Waals surface area contributed by atoms with E-state index in [1.54, 1.807) is 0 Å². The molecule has 2 nitrogen and oxygen atoms in total. The number of aryl methyl sites for hydroxylation is 1. The second-order valence-corrected chi connectivity index (χ2v) is 8.92. The maximum Gasteiger partial charge on any atom is 0.163 e. The highest BCUT2D eigenvalue weighted by Crippen LogP contribution is 2.54. The molecular weight excluding hydrogens is 328 g/mol. The van der Waals surface area contributed by atoms with Crippen molar-refractivity contribution in [3.63, 3.8) is 0 Å². The molecule has 3 rings (SSSR count). The molecule has 1 fully saturated rings. The van der Waals surface area contributed by atoms with Crippen molar-refractivity contribution < 1.29 is 9.47 Å². The van der Waals surface area contributed by atoms with Crippen molar-refractivity contribution in [1.82, 2.24) is 0 Å². The molecule has 2 atom stereocenters. The Morgan fingerprint density at radius 3 is 1.76 bits per heavy atom. The Morgan fingerprint density at radius 1 is 0.857 bits per heavy atom. The number of hydrogen-bond acceptors (Lipinski definition) is 2. The van der Waals surface area contributed by atoms with Gasteiger partial charge in [0, 0.05) is 15.3 Å². The average Bonchev–Trinajstić information content (AvgIpc) is 2.68. The van der Waals surface area contributed by atoms with Crippen molar-refractivity contribution in [2.75, 3.05) is 0 Å². The van der Waals surface area contributed by atoms with Gasteiger partial charge in [0.1, 0.15) is 0 Å². The van der Waals surface area contributed by atoms with Crippen LogP contribution < -0.4 is 0 Å². The predicted octanol–water partition coefficient (Wildman–Crippen LogP) is 4.85. The molecule has 1 aliphatic heterocycles. The maximum atomic E-state index is 6.30. The average molecular weight is 353 g/mol. The van der Waals surface area contributed by atoms with Gasteiger partial charge < -0.3 is 9.47 Å². The fourth-order valence-electron chi connectivity index (χ4n) is 3.87. The lowest BCUT2D eigenvalue weighted by atomic mass is 9.60. The summed E-state index contributed by atoms with van der Waals surface area (Å²) in [7, 11) is 0. The summed E-state index contributed by atoms with van der Waals surface area (Å²) in [6.07, 6.45) is 0.153. The largest absolute Gasteiger partial charge is 0.344 e. The smallest absolute Gasteiger partial charge is 0.163 e. The molecule has 0 amide bonds. The first-order chi connectivity index (χ1) is 9.47. The van der Waals surface area contributed by atoms with Crippen LogP contribution in [0.1, 0.15) is 58.2 Å². The molecule has 0 radical (unpaired) electrons. The molecule has 1 aliphatic carbocycles. The minimum absolute atomic E-state index is 0.0608. The lowest BCUT2D eigenvalue weighted by molar-refractivity contribution is -0.153. The van der Waals surface area contributed by atoms with Crippen molar-refractivity contribution in [3.05, 3.63) is 33.3 Å². The summed E-state index contributed by atoms with van der Waals surface area (Å²) in [4.78, 5) is 0. The minimum Gasteiger partial charge on any atom is -0.344 e. The highest BCUT2D eigenvalue weighted by molar-refractivity contribution is 9.10. The lowest BCUT2D eigenvalue weighted by Gasteiger charge is -2.48. The molecule has 1 aromatic rings. The van der Waals surface area contributed by atoms with Crippen LogP contribution in [0.15, 0.2) is 16.6 Å². The molecule has 0 aromatic heterocycles. The van der Waals surface area contributed by atoms with E-state index >= 15 is 0 Å². The number of halogens is 1. The molecule has 2 aliphatic rings. The van der Waals surface area contributed by atoms with Crippen LogP contribution in [-0.2, 0) is 20.3 Å². The van der Waals surface area contributed by atoms with Gasteiger partial charge in [0.2, 0.25) is 0 Å². The number of fused-ring (bicyclic) bond motifs is 2. The van der Waals surface area contributed by atoms with E-state index in [2.05, 4.69) is 62.7 Å². The fourth-order valence-corrected chi connectivity index (χ4v) is 4.21. The van der Waals surface area contributed by atoms with E-state index in [0.29, 0.717) is 0 Å². The number of hydrogen-bond donors (Lipinski definition) is 0. The van der Waals surface area contributed by atoms with Gasteiger partial charge in [0.15, 0.2) is 5.79 Å². The van der Waals surface area contributed by atoms with Crippen LogP contribution in [-0.4, -0.2) is 18.0 Å². The van der Waals surface area contributed by atoms with Gasteiger partial charge in [-0.1, -0.05) is 49.7 Å². The summed E-state index contributed by atoms with van der Waals surface area (Å²) in [5.41, 5.74) is 3.89. The normalized spacial score (nSPS) is 31.6. The second-order valence-electron chi connectivity index (χ2n) is 8.07. The first-order valence-corrected chi connectivity index (χ1v) is 8.43. The molecule has 0 bridgehead atoms. The van der Waals surface area contributed by atoms with Gasteiger partial charge in [-0.25, -0.2) is 0 Å². The highest BCUT2D eigenvalue weighted by Gasteiger charge is 2.59. The van der Waals surface area contributed by atoms with E-state index in [-0.39, 0.29) is 23.0 Å². The van der Waals surface area contributed by atoms with Crippen LogP contribution in [0.3, 0.4) is 0 Å². The Morgan fingerprint density at radius 2 is 1.29 bits per heavy atom. The Hall–Kier alpha value is -0.380. The molecule has 1 saturated heterocycles. The van der Waals surface area contributed by atoms with Gasteiger partial charge in [0.25, 0.3) is 0 Å². The molecule has 3 heteroatoms. The van der Waals surface area contributed by atoms with Gasteiger partial charge in [-0.05, 0) is 43.5 Å². The lowest BCUT2D eigenvalue weighted by Crippen LogP contribution is -2.54. The Labute approximate surface area is 136 Å². The molecule has 0 spiro atoms. The third kappa shape index (κ3) is 2.12. The summed E-state index contributed by atoms with van der Waals surface area (Å²) in [6, 6.07) is 4.59. The zero-order valence-electron chi connectivity index (χ0n) is 14.0. The molecule has 0 saturated carbocycles. The summed E-state index contributed by atoms with van der Waals surface area (Å²) in [6.45, 7) is 15.3.